The molecule has 0 radical (unpaired) electrons. The van der Waals surface area contributed by atoms with Crippen LogP contribution >= 0.6 is 0 Å². The van der Waals surface area contributed by atoms with Crippen molar-refractivity contribution in [3.05, 3.63) is 36.0 Å². The molecule has 2 aromatic rings. The second-order valence-corrected chi connectivity index (χ2v) is 6.32. The first kappa shape index (κ1) is 12.9. The molecule has 1 amide bonds. The molecule has 4 rings (SSSR count). The van der Waals surface area contributed by atoms with Crippen LogP contribution in [-0.2, 0) is 0 Å². The van der Waals surface area contributed by atoms with Gasteiger partial charge in [-0.3, -0.25) is 9.69 Å². The quantitative estimate of drug-likeness (QED) is 0.939. The Bertz CT molecular complexity index is 651. The highest BCUT2D eigenvalue weighted by Gasteiger charge is 2.27. The second kappa shape index (κ2) is 5.19. The summed E-state index contributed by atoms with van der Waals surface area (Å²) >= 11 is 0. The summed E-state index contributed by atoms with van der Waals surface area (Å²) in [6, 6.07) is 7.92. The van der Waals surface area contributed by atoms with Gasteiger partial charge in [0.2, 0.25) is 0 Å². The lowest BCUT2D eigenvalue weighted by atomic mass is 10.1. The van der Waals surface area contributed by atoms with Crippen molar-refractivity contribution in [1.82, 2.24) is 14.8 Å². The molecular formula is C17H21N3O. The fraction of sp³-hybridized carbons (Fsp3) is 0.471. The predicted molar refractivity (Wildman–Crippen MR) is 83.4 cm³/mol. The summed E-state index contributed by atoms with van der Waals surface area (Å²) in [4.78, 5) is 20.3. The van der Waals surface area contributed by atoms with E-state index in [9.17, 15) is 4.79 Å². The van der Waals surface area contributed by atoms with Gasteiger partial charge in [-0.15, -0.1) is 0 Å². The van der Waals surface area contributed by atoms with Gasteiger partial charge < -0.3 is 9.88 Å². The Balaban J connectivity index is 1.42. The zero-order valence-corrected chi connectivity index (χ0v) is 12.2. The monoisotopic (exact) mass is 283 g/mol. The van der Waals surface area contributed by atoms with E-state index in [0.29, 0.717) is 0 Å². The third-order valence-electron chi connectivity index (χ3n) is 4.67. The number of nitrogens with one attached hydrogen (secondary N) is 1. The summed E-state index contributed by atoms with van der Waals surface area (Å²) in [6.45, 7) is 4.99. The molecule has 0 bridgehead atoms. The number of rotatable bonds is 3. The van der Waals surface area contributed by atoms with E-state index in [-0.39, 0.29) is 5.91 Å². The Labute approximate surface area is 124 Å². The molecule has 1 saturated heterocycles. The maximum absolute atomic E-state index is 12.6. The zero-order valence-electron chi connectivity index (χ0n) is 12.2. The number of benzene rings is 1. The molecule has 1 saturated carbocycles. The number of carbonyl (C=O) groups is 1. The first-order valence-electron chi connectivity index (χ1n) is 7.88. The lowest BCUT2D eigenvalue weighted by Gasteiger charge is -2.34. The summed E-state index contributed by atoms with van der Waals surface area (Å²) in [5, 5.41) is 1.10. The molecule has 0 atom stereocenters. The van der Waals surface area contributed by atoms with Gasteiger partial charge in [0.15, 0.2) is 0 Å². The third-order valence-corrected chi connectivity index (χ3v) is 4.67. The SMILES string of the molecule is O=C(c1ccc2[nH]ccc2c1)N1CCN(CC2CC2)CC1. The van der Waals surface area contributed by atoms with Crippen LogP contribution in [0.5, 0.6) is 0 Å². The molecule has 21 heavy (non-hydrogen) atoms. The number of H-pyrrole nitrogens is 1. The van der Waals surface area contributed by atoms with Crippen LogP contribution in [-0.4, -0.2) is 53.4 Å². The van der Waals surface area contributed by atoms with E-state index < -0.39 is 0 Å². The topological polar surface area (TPSA) is 39.3 Å². The minimum absolute atomic E-state index is 0.171. The lowest BCUT2D eigenvalue weighted by molar-refractivity contribution is 0.0632. The lowest BCUT2D eigenvalue weighted by Crippen LogP contribution is -2.49. The molecule has 0 unspecified atom stereocenters. The minimum atomic E-state index is 0.171. The van der Waals surface area contributed by atoms with Crippen molar-refractivity contribution in [3.8, 4) is 0 Å². The number of aromatic amines is 1. The fourth-order valence-corrected chi connectivity index (χ4v) is 3.17. The van der Waals surface area contributed by atoms with E-state index in [1.807, 2.05) is 35.4 Å². The molecule has 0 spiro atoms. The van der Waals surface area contributed by atoms with Crippen molar-refractivity contribution in [2.45, 2.75) is 12.8 Å². The molecular weight excluding hydrogens is 262 g/mol. The minimum Gasteiger partial charge on any atom is -0.361 e. The summed E-state index contributed by atoms with van der Waals surface area (Å²) in [7, 11) is 0. The Kier molecular flexibility index (Phi) is 3.19. The molecule has 1 N–H and O–H groups in total. The number of nitrogens with zero attached hydrogens (tertiary/aromatic N) is 2. The summed E-state index contributed by atoms with van der Waals surface area (Å²) < 4.78 is 0. The number of hydrogen-bond donors (Lipinski definition) is 1. The highest BCUT2D eigenvalue weighted by molar-refractivity contribution is 5.98. The molecule has 1 aliphatic carbocycles. The van der Waals surface area contributed by atoms with Gasteiger partial charge >= 0.3 is 0 Å². The van der Waals surface area contributed by atoms with Gasteiger partial charge in [0.05, 0.1) is 0 Å². The molecule has 2 fully saturated rings. The molecule has 2 heterocycles. The van der Waals surface area contributed by atoms with Gasteiger partial charge in [0.1, 0.15) is 0 Å². The zero-order chi connectivity index (χ0) is 14.2. The first-order valence-corrected chi connectivity index (χ1v) is 7.88. The molecule has 1 aromatic heterocycles. The van der Waals surface area contributed by atoms with E-state index in [1.54, 1.807) is 0 Å². The van der Waals surface area contributed by atoms with E-state index in [1.165, 1.54) is 19.4 Å². The Morgan fingerprint density at radius 1 is 1.14 bits per heavy atom. The molecule has 2 aliphatic rings. The van der Waals surface area contributed by atoms with Gasteiger partial charge in [-0.2, -0.15) is 0 Å². The Morgan fingerprint density at radius 3 is 2.71 bits per heavy atom. The van der Waals surface area contributed by atoms with Crippen molar-refractivity contribution in [1.29, 1.82) is 0 Å². The molecule has 4 nitrogen and oxygen atoms in total. The maximum Gasteiger partial charge on any atom is 0.253 e. The van der Waals surface area contributed by atoms with Crippen molar-refractivity contribution in [2.24, 2.45) is 5.92 Å². The van der Waals surface area contributed by atoms with Gasteiger partial charge in [0.25, 0.3) is 5.91 Å². The van der Waals surface area contributed by atoms with Crippen molar-refractivity contribution in [3.63, 3.8) is 0 Å². The van der Waals surface area contributed by atoms with Crippen molar-refractivity contribution in [2.75, 3.05) is 32.7 Å². The summed E-state index contributed by atoms with van der Waals surface area (Å²) in [5.41, 5.74) is 1.89. The van der Waals surface area contributed by atoms with Gasteiger partial charge in [-0.05, 0) is 43.0 Å². The van der Waals surface area contributed by atoms with E-state index in [2.05, 4.69) is 9.88 Å². The largest absolute Gasteiger partial charge is 0.361 e. The highest BCUT2D eigenvalue weighted by Crippen LogP contribution is 2.30. The van der Waals surface area contributed by atoms with Gasteiger partial charge in [-0.1, -0.05) is 0 Å². The average Bonchev–Trinajstić information content (AvgIpc) is 3.21. The van der Waals surface area contributed by atoms with Gasteiger partial charge in [0, 0.05) is 55.4 Å². The predicted octanol–water partition coefficient (Wildman–Crippen LogP) is 2.34. The number of amides is 1. The van der Waals surface area contributed by atoms with Crippen molar-refractivity contribution < 1.29 is 4.79 Å². The van der Waals surface area contributed by atoms with Crippen LogP contribution in [0.2, 0.25) is 0 Å². The molecule has 1 aliphatic heterocycles. The molecule has 110 valence electrons. The smallest absolute Gasteiger partial charge is 0.253 e. The van der Waals surface area contributed by atoms with E-state index in [0.717, 1.165) is 48.6 Å². The van der Waals surface area contributed by atoms with E-state index in [4.69, 9.17) is 0 Å². The number of hydrogen-bond acceptors (Lipinski definition) is 2. The fourth-order valence-electron chi connectivity index (χ4n) is 3.17. The Hall–Kier alpha value is -1.81. The Morgan fingerprint density at radius 2 is 1.95 bits per heavy atom. The van der Waals surface area contributed by atoms with Crippen LogP contribution in [0.25, 0.3) is 10.9 Å². The molecule has 4 heteroatoms. The highest BCUT2D eigenvalue weighted by atomic mass is 16.2. The number of carbonyl (C=O) groups excluding carboxylic acids is 1. The maximum atomic E-state index is 12.6. The van der Waals surface area contributed by atoms with Crippen LogP contribution < -0.4 is 0 Å². The van der Waals surface area contributed by atoms with Crippen LogP contribution in [0.15, 0.2) is 30.5 Å². The third kappa shape index (κ3) is 2.68. The summed E-state index contributed by atoms with van der Waals surface area (Å²) in [5.74, 6) is 1.10. The van der Waals surface area contributed by atoms with Crippen LogP contribution in [0.3, 0.4) is 0 Å². The van der Waals surface area contributed by atoms with Crippen LogP contribution in [0.1, 0.15) is 23.2 Å². The number of fused-ring (bicyclic) bond motifs is 1. The van der Waals surface area contributed by atoms with E-state index >= 15 is 0 Å². The normalized spacial score (nSPS) is 20.1. The number of aromatic nitrogens is 1. The van der Waals surface area contributed by atoms with Crippen LogP contribution in [0.4, 0.5) is 0 Å². The molecule has 1 aromatic carbocycles. The standard InChI is InChI=1S/C17H21N3O/c21-17(15-3-4-16-14(11-15)5-6-18-16)20-9-7-19(8-10-20)12-13-1-2-13/h3-6,11,13,18H,1-2,7-10,12H2. The number of piperazine rings is 1. The van der Waals surface area contributed by atoms with Crippen LogP contribution in [0, 0.1) is 5.92 Å². The summed E-state index contributed by atoms with van der Waals surface area (Å²) in [6.07, 6.45) is 4.71. The first-order chi connectivity index (χ1) is 10.3. The second-order valence-electron chi connectivity index (χ2n) is 6.32. The van der Waals surface area contributed by atoms with Gasteiger partial charge in [-0.25, -0.2) is 0 Å². The average molecular weight is 283 g/mol. The van der Waals surface area contributed by atoms with Crippen molar-refractivity contribution >= 4 is 16.8 Å².